The third kappa shape index (κ3) is 3.30. The number of nitrogens with one attached hydrogen (secondary N) is 3. The fourth-order valence-corrected chi connectivity index (χ4v) is 3.87. The summed E-state index contributed by atoms with van der Waals surface area (Å²) in [6, 6.07) is 4.59. The van der Waals surface area contributed by atoms with Crippen LogP contribution in [-0.2, 0) is 4.79 Å². The monoisotopic (exact) mass is 300 g/mol. The first kappa shape index (κ1) is 15.0. The van der Waals surface area contributed by atoms with Gasteiger partial charge in [0.15, 0.2) is 0 Å². The van der Waals surface area contributed by atoms with Gasteiger partial charge in [-0.05, 0) is 50.3 Å². The van der Waals surface area contributed by atoms with Crippen molar-refractivity contribution < 1.29 is 4.79 Å². The summed E-state index contributed by atoms with van der Waals surface area (Å²) in [5.74, 6) is 2.16. The van der Waals surface area contributed by atoms with Crippen LogP contribution in [0.4, 0.5) is 5.69 Å². The zero-order chi connectivity index (χ0) is 15.4. The Morgan fingerprint density at radius 2 is 2.05 bits per heavy atom. The second-order valence-corrected chi connectivity index (χ2v) is 6.37. The Balaban J connectivity index is 0.000000133. The van der Waals surface area contributed by atoms with E-state index in [9.17, 15) is 4.79 Å². The Hall–Kier alpha value is -1.88. The van der Waals surface area contributed by atoms with Gasteiger partial charge in [0.05, 0.1) is 11.2 Å². The van der Waals surface area contributed by atoms with Gasteiger partial charge in [0.25, 0.3) is 0 Å². The van der Waals surface area contributed by atoms with E-state index in [1.165, 1.54) is 32.1 Å². The number of hydrogen-bond donors (Lipinski definition) is 3. The maximum Gasteiger partial charge on any atom is 0.211 e. The lowest BCUT2D eigenvalue weighted by molar-refractivity contribution is -0.105. The molecule has 0 spiro atoms. The van der Waals surface area contributed by atoms with E-state index in [0.29, 0.717) is 12.1 Å². The molecule has 2 saturated carbocycles. The van der Waals surface area contributed by atoms with Gasteiger partial charge in [-0.15, -0.1) is 0 Å². The molecule has 0 aliphatic heterocycles. The second-order valence-electron chi connectivity index (χ2n) is 6.37. The molecule has 118 valence electrons. The van der Waals surface area contributed by atoms with E-state index < -0.39 is 0 Å². The van der Waals surface area contributed by atoms with Crippen molar-refractivity contribution in [3.63, 3.8) is 0 Å². The van der Waals surface area contributed by atoms with Gasteiger partial charge < -0.3 is 15.6 Å². The molecule has 2 bridgehead atoms. The van der Waals surface area contributed by atoms with Gasteiger partial charge in [-0.1, -0.05) is 12.8 Å². The molecule has 2 heterocycles. The number of carbonyl (C=O) groups excluding carboxylic acids is 1. The van der Waals surface area contributed by atoms with E-state index >= 15 is 0 Å². The molecule has 2 fully saturated rings. The van der Waals surface area contributed by atoms with Crippen LogP contribution in [0.2, 0.25) is 0 Å². The smallest absolute Gasteiger partial charge is 0.211 e. The molecule has 2 atom stereocenters. The minimum atomic E-state index is 0.636. The fraction of sp³-hybridized carbons (Fsp3) is 0.529. The molecule has 5 nitrogen and oxygen atoms in total. The first-order valence-electron chi connectivity index (χ1n) is 8.09. The molecular weight excluding hydrogens is 276 g/mol. The minimum absolute atomic E-state index is 0.636. The normalized spacial score (nSPS) is 26.3. The topological polar surface area (TPSA) is 69.8 Å². The van der Waals surface area contributed by atoms with Crippen molar-refractivity contribution in [2.45, 2.75) is 38.1 Å². The van der Waals surface area contributed by atoms with Gasteiger partial charge in [0.2, 0.25) is 6.41 Å². The molecule has 4 rings (SSSR count). The first-order valence-corrected chi connectivity index (χ1v) is 8.09. The molecule has 5 heteroatoms. The van der Waals surface area contributed by atoms with Crippen LogP contribution in [0.15, 0.2) is 24.5 Å². The SMILES string of the molecule is CNC1CC2CCC(C2)C1.O=CNc1c[nH]c2cccnc12. The highest BCUT2D eigenvalue weighted by molar-refractivity contribution is 5.92. The number of aromatic amines is 1. The van der Waals surface area contributed by atoms with Crippen LogP contribution < -0.4 is 10.6 Å². The standard InChI is InChI=1S/C9H17N.C8H7N3O/c1-10-9-5-7-2-3-8(4-7)6-9;12-5-11-7-4-10-6-2-1-3-9-8(6)7/h7-10H,2-6H2,1H3;1-5,10H,(H,11,12). The number of aromatic nitrogens is 2. The predicted molar refractivity (Wildman–Crippen MR) is 88.7 cm³/mol. The molecule has 2 unspecified atom stereocenters. The molecule has 0 saturated heterocycles. The lowest BCUT2D eigenvalue weighted by atomic mass is 9.86. The predicted octanol–water partition coefficient (Wildman–Crippen LogP) is 2.92. The van der Waals surface area contributed by atoms with Gasteiger partial charge in [-0.3, -0.25) is 9.78 Å². The average Bonchev–Trinajstić information content (AvgIpc) is 3.12. The Labute approximate surface area is 130 Å². The summed E-state index contributed by atoms with van der Waals surface area (Å²) in [6.45, 7) is 0. The highest BCUT2D eigenvalue weighted by atomic mass is 16.1. The van der Waals surface area contributed by atoms with E-state index in [-0.39, 0.29) is 0 Å². The van der Waals surface area contributed by atoms with Gasteiger partial charge in [0, 0.05) is 18.4 Å². The summed E-state index contributed by atoms with van der Waals surface area (Å²) in [5.41, 5.74) is 2.41. The molecule has 2 aliphatic rings. The van der Waals surface area contributed by atoms with Crippen LogP contribution in [0.25, 0.3) is 11.0 Å². The van der Waals surface area contributed by atoms with Crippen LogP contribution in [-0.4, -0.2) is 29.5 Å². The summed E-state index contributed by atoms with van der Waals surface area (Å²) in [6.07, 6.45) is 11.5. The van der Waals surface area contributed by atoms with Crippen molar-refractivity contribution in [2.75, 3.05) is 12.4 Å². The van der Waals surface area contributed by atoms with Gasteiger partial charge in [-0.2, -0.15) is 0 Å². The number of fused-ring (bicyclic) bond motifs is 3. The Morgan fingerprint density at radius 1 is 1.27 bits per heavy atom. The van der Waals surface area contributed by atoms with Crippen LogP contribution >= 0.6 is 0 Å². The molecule has 1 amide bonds. The Morgan fingerprint density at radius 3 is 2.73 bits per heavy atom. The average molecular weight is 300 g/mol. The van der Waals surface area contributed by atoms with E-state index in [1.54, 1.807) is 12.4 Å². The maximum absolute atomic E-state index is 10.2. The minimum Gasteiger partial charge on any atom is -0.358 e. The highest BCUT2D eigenvalue weighted by Crippen LogP contribution is 2.41. The summed E-state index contributed by atoms with van der Waals surface area (Å²) in [7, 11) is 2.11. The van der Waals surface area contributed by atoms with Crippen LogP contribution in [0.1, 0.15) is 32.1 Å². The molecular formula is C17H24N4O. The van der Waals surface area contributed by atoms with Gasteiger partial charge in [0.1, 0.15) is 5.52 Å². The number of anilines is 1. The van der Waals surface area contributed by atoms with E-state index in [2.05, 4.69) is 27.6 Å². The van der Waals surface area contributed by atoms with E-state index in [0.717, 1.165) is 28.9 Å². The molecule has 0 radical (unpaired) electrons. The third-order valence-electron chi connectivity index (χ3n) is 4.94. The molecule has 0 aromatic carbocycles. The first-order chi connectivity index (χ1) is 10.8. The third-order valence-corrected chi connectivity index (χ3v) is 4.94. The quantitative estimate of drug-likeness (QED) is 0.763. The lowest BCUT2D eigenvalue weighted by Crippen LogP contribution is -2.31. The van der Waals surface area contributed by atoms with E-state index in [1.807, 2.05) is 12.1 Å². The number of amides is 1. The number of pyridine rings is 1. The van der Waals surface area contributed by atoms with Gasteiger partial charge >= 0.3 is 0 Å². The van der Waals surface area contributed by atoms with Crippen molar-refractivity contribution in [3.05, 3.63) is 24.5 Å². The zero-order valence-corrected chi connectivity index (χ0v) is 13.0. The van der Waals surface area contributed by atoms with Crippen LogP contribution in [0, 0.1) is 11.8 Å². The zero-order valence-electron chi connectivity index (χ0n) is 13.0. The van der Waals surface area contributed by atoms with Crippen LogP contribution in [0.3, 0.4) is 0 Å². The van der Waals surface area contributed by atoms with Crippen molar-refractivity contribution in [3.8, 4) is 0 Å². The number of nitrogens with zero attached hydrogens (tertiary/aromatic N) is 1. The van der Waals surface area contributed by atoms with Crippen molar-refractivity contribution in [2.24, 2.45) is 11.8 Å². The molecule has 2 aliphatic carbocycles. The molecule has 2 aromatic rings. The lowest BCUT2D eigenvalue weighted by Gasteiger charge is -2.26. The largest absolute Gasteiger partial charge is 0.358 e. The Bertz CT molecular complexity index is 612. The van der Waals surface area contributed by atoms with Crippen LogP contribution in [0.5, 0.6) is 0 Å². The van der Waals surface area contributed by atoms with E-state index in [4.69, 9.17) is 0 Å². The number of H-pyrrole nitrogens is 1. The number of carbonyl (C=O) groups is 1. The Kier molecular flexibility index (Phi) is 4.73. The molecule has 2 aromatic heterocycles. The van der Waals surface area contributed by atoms with Crippen molar-refractivity contribution >= 4 is 23.1 Å². The summed E-state index contributed by atoms with van der Waals surface area (Å²) in [4.78, 5) is 17.3. The second kappa shape index (κ2) is 6.92. The summed E-state index contributed by atoms with van der Waals surface area (Å²) < 4.78 is 0. The summed E-state index contributed by atoms with van der Waals surface area (Å²) >= 11 is 0. The van der Waals surface area contributed by atoms with Crippen molar-refractivity contribution in [1.82, 2.24) is 15.3 Å². The van der Waals surface area contributed by atoms with Crippen molar-refractivity contribution in [1.29, 1.82) is 0 Å². The summed E-state index contributed by atoms with van der Waals surface area (Å²) in [5, 5.41) is 5.96. The fourth-order valence-electron chi connectivity index (χ4n) is 3.87. The molecule has 22 heavy (non-hydrogen) atoms. The van der Waals surface area contributed by atoms with Gasteiger partial charge in [-0.25, -0.2) is 0 Å². The highest BCUT2D eigenvalue weighted by Gasteiger charge is 2.32. The molecule has 3 N–H and O–H groups in total. The number of rotatable bonds is 3. The number of hydrogen-bond acceptors (Lipinski definition) is 3. The maximum atomic E-state index is 10.2.